The van der Waals surface area contributed by atoms with Crippen LogP contribution in [0.5, 0.6) is 17.2 Å². The molecular weight excluding hydrogens is 340 g/mol. The molecule has 0 unspecified atom stereocenters. The summed E-state index contributed by atoms with van der Waals surface area (Å²) in [5, 5.41) is 21.7. The largest absolute Gasteiger partial charge is 0.507 e. The Morgan fingerprint density at radius 3 is 2.56 bits per heavy atom. The third-order valence-corrected chi connectivity index (χ3v) is 7.41. The zero-order valence-electron chi connectivity index (χ0n) is 15.8. The summed E-state index contributed by atoms with van der Waals surface area (Å²) in [4.78, 5) is 13.0. The number of hydrogen-bond acceptors (Lipinski definition) is 4. The fourth-order valence-electron chi connectivity index (χ4n) is 6.12. The second-order valence-corrected chi connectivity index (χ2v) is 9.11. The van der Waals surface area contributed by atoms with Crippen LogP contribution in [-0.2, 0) is 0 Å². The topological polar surface area (TPSA) is 66.8 Å². The second kappa shape index (κ2) is 5.06. The Labute approximate surface area is 158 Å². The van der Waals surface area contributed by atoms with Gasteiger partial charge in [-0.25, -0.2) is 0 Å². The summed E-state index contributed by atoms with van der Waals surface area (Å²) in [6.45, 7) is 6.62. The van der Waals surface area contributed by atoms with Gasteiger partial charge in [0.15, 0.2) is 0 Å². The van der Waals surface area contributed by atoms with Gasteiger partial charge in [-0.1, -0.05) is 44.2 Å². The van der Waals surface area contributed by atoms with Crippen molar-refractivity contribution in [2.75, 3.05) is 0 Å². The summed E-state index contributed by atoms with van der Waals surface area (Å²) in [6.07, 6.45) is 2.09. The van der Waals surface area contributed by atoms with Gasteiger partial charge in [-0.15, -0.1) is 0 Å². The molecule has 27 heavy (non-hydrogen) atoms. The molecule has 0 bridgehead atoms. The fraction of sp³-hybridized carbons (Fsp3) is 0.435. The van der Waals surface area contributed by atoms with Gasteiger partial charge < -0.3 is 14.9 Å². The minimum absolute atomic E-state index is 0.0237. The predicted molar refractivity (Wildman–Crippen MR) is 101 cm³/mol. The molecular formula is C23H24O4. The van der Waals surface area contributed by atoms with Crippen LogP contribution in [0.2, 0.25) is 0 Å². The van der Waals surface area contributed by atoms with Crippen LogP contribution in [0, 0.1) is 17.3 Å². The number of aromatic hydroxyl groups is 2. The summed E-state index contributed by atoms with van der Waals surface area (Å²) < 4.78 is 6.31. The lowest BCUT2D eigenvalue weighted by atomic mass is 9.45. The minimum Gasteiger partial charge on any atom is -0.507 e. The number of benzene rings is 2. The number of carbonyl (C=O) groups is 1. The van der Waals surface area contributed by atoms with E-state index in [-0.39, 0.29) is 39.8 Å². The number of phenols is 2. The maximum atomic E-state index is 13.0. The molecule has 3 aliphatic rings. The molecule has 4 atom stereocenters. The molecule has 1 heterocycles. The van der Waals surface area contributed by atoms with Crippen molar-refractivity contribution in [1.29, 1.82) is 0 Å². The van der Waals surface area contributed by atoms with E-state index in [2.05, 4.69) is 20.8 Å². The molecule has 0 saturated heterocycles. The van der Waals surface area contributed by atoms with Crippen molar-refractivity contribution in [2.45, 2.75) is 45.1 Å². The molecule has 2 aliphatic carbocycles. The lowest BCUT2D eigenvalue weighted by Gasteiger charge is -2.62. The van der Waals surface area contributed by atoms with Crippen molar-refractivity contribution in [3.05, 3.63) is 53.1 Å². The summed E-state index contributed by atoms with van der Waals surface area (Å²) in [5.41, 5.74) is 0.878. The Balaban J connectivity index is 1.70. The molecule has 1 aliphatic heterocycles. The molecule has 2 N–H and O–H groups in total. The van der Waals surface area contributed by atoms with E-state index >= 15 is 0 Å². The smallest absolute Gasteiger partial charge is 0.200 e. The monoisotopic (exact) mass is 364 g/mol. The van der Waals surface area contributed by atoms with Crippen molar-refractivity contribution in [1.82, 2.24) is 0 Å². The van der Waals surface area contributed by atoms with Crippen LogP contribution in [-0.4, -0.2) is 21.6 Å². The van der Waals surface area contributed by atoms with Gasteiger partial charge in [-0.2, -0.15) is 0 Å². The van der Waals surface area contributed by atoms with E-state index in [0.29, 0.717) is 28.7 Å². The number of ether oxygens (including phenoxy) is 1. The highest BCUT2D eigenvalue weighted by molar-refractivity contribution is 6.12. The van der Waals surface area contributed by atoms with Crippen LogP contribution in [0.25, 0.3) is 0 Å². The van der Waals surface area contributed by atoms with Crippen molar-refractivity contribution in [2.24, 2.45) is 17.3 Å². The average Bonchev–Trinajstić information content (AvgIpc) is 2.96. The van der Waals surface area contributed by atoms with E-state index < -0.39 is 0 Å². The lowest BCUT2D eigenvalue weighted by molar-refractivity contribution is -0.121. The average molecular weight is 364 g/mol. The van der Waals surface area contributed by atoms with Crippen LogP contribution in [0.1, 0.15) is 61.0 Å². The van der Waals surface area contributed by atoms with Crippen molar-refractivity contribution < 1.29 is 19.7 Å². The first-order chi connectivity index (χ1) is 12.8. The van der Waals surface area contributed by atoms with Crippen molar-refractivity contribution >= 4 is 5.78 Å². The SMILES string of the molecule is CC1(C)[C@@H]2CC[C@@]3(C)Oc4cc(O)c(C(=O)c5ccccc5)c(O)c4[C@@H]1[C@@H]23. The molecule has 4 heteroatoms. The molecule has 2 fully saturated rings. The highest BCUT2D eigenvalue weighted by Gasteiger charge is 2.69. The Hall–Kier alpha value is -2.49. The van der Waals surface area contributed by atoms with Crippen LogP contribution in [0.4, 0.5) is 0 Å². The zero-order chi connectivity index (χ0) is 19.1. The molecule has 4 nitrogen and oxygen atoms in total. The molecule has 0 aromatic heterocycles. The van der Waals surface area contributed by atoms with Crippen LogP contribution in [0.15, 0.2) is 36.4 Å². The number of rotatable bonds is 2. The summed E-state index contributed by atoms with van der Waals surface area (Å²) >= 11 is 0. The normalized spacial score (nSPS) is 32.0. The molecule has 140 valence electrons. The third-order valence-electron chi connectivity index (χ3n) is 7.41. The van der Waals surface area contributed by atoms with E-state index in [9.17, 15) is 15.0 Å². The Morgan fingerprint density at radius 1 is 1.15 bits per heavy atom. The number of hydrogen-bond donors (Lipinski definition) is 2. The second-order valence-electron chi connectivity index (χ2n) is 9.11. The van der Waals surface area contributed by atoms with Gasteiger partial charge in [-0.05, 0) is 31.1 Å². The standard InChI is InChI=1S/C23H24O4/c1-22(2)13-9-10-23(3)18(13)19(22)17-15(27-23)11-14(24)16(21(17)26)20(25)12-7-5-4-6-8-12/h4-8,11,13,18-19,24,26H,9-10H2,1-3H3/t13-,18-,19-,23-/m1/s1. The van der Waals surface area contributed by atoms with E-state index in [1.54, 1.807) is 24.3 Å². The van der Waals surface area contributed by atoms with E-state index in [0.717, 1.165) is 12.8 Å². The number of phenolic OH excluding ortho intramolecular Hbond substituents is 2. The Bertz CT molecular complexity index is 962. The lowest BCUT2D eigenvalue weighted by Crippen LogP contribution is -2.59. The third kappa shape index (κ3) is 1.96. The Kier molecular flexibility index (Phi) is 3.12. The summed E-state index contributed by atoms with van der Waals surface area (Å²) in [6, 6.07) is 10.3. The van der Waals surface area contributed by atoms with Gasteiger partial charge in [0.25, 0.3) is 0 Å². The number of carbonyl (C=O) groups excluding carboxylic acids is 1. The van der Waals surface area contributed by atoms with Gasteiger partial charge in [-0.3, -0.25) is 4.79 Å². The first kappa shape index (κ1) is 16.7. The minimum atomic E-state index is -0.373. The number of ketones is 1. The van der Waals surface area contributed by atoms with E-state index in [1.165, 1.54) is 6.07 Å². The first-order valence-electron chi connectivity index (χ1n) is 9.63. The quantitative estimate of drug-likeness (QED) is 0.763. The zero-order valence-corrected chi connectivity index (χ0v) is 15.8. The van der Waals surface area contributed by atoms with Gasteiger partial charge >= 0.3 is 0 Å². The molecule has 5 rings (SSSR count). The van der Waals surface area contributed by atoms with Gasteiger partial charge in [0, 0.05) is 29.0 Å². The summed E-state index contributed by atoms with van der Waals surface area (Å²) in [5.74, 6) is 0.825. The maximum Gasteiger partial charge on any atom is 0.200 e. The maximum absolute atomic E-state index is 13.0. The molecule has 0 amide bonds. The van der Waals surface area contributed by atoms with Gasteiger partial charge in [0.1, 0.15) is 28.4 Å². The van der Waals surface area contributed by atoms with Gasteiger partial charge in [0.2, 0.25) is 5.78 Å². The molecule has 2 saturated carbocycles. The Morgan fingerprint density at radius 2 is 1.85 bits per heavy atom. The highest BCUT2D eigenvalue weighted by atomic mass is 16.5. The molecule has 0 radical (unpaired) electrons. The molecule has 2 aromatic carbocycles. The predicted octanol–water partition coefficient (Wildman–Crippen LogP) is 4.63. The fourth-order valence-corrected chi connectivity index (χ4v) is 6.12. The van der Waals surface area contributed by atoms with Crippen LogP contribution >= 0.6 is 0 Å². The first-order valence-corrected chi connectivity index (χ1v) is 9.63. The van der Waals surface area contributed by atoms with Crippen molar-refractivity contribution in [3.8, 4) is 17.2 Å². The van der Waals surface area contributed by atoms with E-state index in [1.807, 2.05) is 6.07 Å². The molecule has 2 aromatic rings. The number of fused-ring (bicyclic) bond motifs is 2. The molecule has 0 spiro atoms. The van der Waals surface area contributed by atoms with Crippen molar-refractivity contribution in [3.63, 3.8) is 0 Å². The van der Waals surface area contributed by atoms with Crippen LogP contribution < -0.4 is 4.74 Å². The summed E-state index contributed by atoms with van der Waals surface area (Å²) in [7, 11) is 0. The van der Waals surface area contributed by atoms with Gasteiger partial charge in [0.05, 0.1) is 0 Å². The van der Waals surface area contributed by atoms with E-state index in [4.69, 9.17) is 4.74 Å². The highest BCUT2D eigenvalue weighted by Crippen LogP contribution is 2.74. The van der Waals surface area contributed by atoms with Crippen LogP contribution in [0.3, 0.4) is 0 Å².